The number of sulfonamides is 1. The van der Waals surface area contributed by atoms with E-state index in [-0.39, 0.29) is 21.4 Å². The van der Waals surface area contributed by atoms with E-state index in [1.165, 1.54) is 57.7 Å². The molecule has 0 radical (unpaired) electrons. The highest BCUT2D eigenvalue weighted by Crippen LogP contribution is 2.34. The maximum absolute atomic E-state index is 13.1. The van der Waals surface area contributed by atoms with E-state index in [1.54, 1.807) is 0 Å². The van der Waals surface area contributed by atoms with Crippen LogP contribution in [-0.4, -0.2) is 47.4 Å². The van der Waals surface area contributed by atoms with Gasteiger partial charge in [0, 0.05) is 6.07 Å². The number of aliphatic carboxylic acids is 1. The maximum atomic E-state index is 13.1. The van der Waals surface area contributed by atoms with E-state index in [4.69, 9.17) is 25.8 Å². The summed E-state index contributed by atoms with van der Waals surface area (Å²) in [6, 6.07) is 8.17. The van der Waals surface area contributed by atoms with Crippen LogP contribution in [0.3, 0.4) is 0 Å². The van der Waals surface area contributed by atoms with Crippen molar-refractivity contribution in [2.24, 2.45) is 0 Å². The summed E-state index contributed by atoms with van der Waals surface area (Å²) in [5, 5.41) is 9.35. The van der Waals surface area contributed by atoms with Gasteiger partial charge in [-0.2, -0.15) is 0 Å². The molecule has 0 aliphatic carbocycles. The number of methoxy groups -OCH3 is 3. The summed E-state index contributed by atoms with van der Waals surface area (Å²) >= 11 is 6.06. The highest BCUT2D eigenvalue weighted by atomic mass is 35.5. The second kappa shape index (κ2) is 8.36. The molecule has 2 aromatic rings. The van der Waals surface area contributed by atoms with E-state index in [1.807, 2.05) is 0 Å². The number of hydrogen-bond donors (Lipinski definition) is 1. The van der Waals surface area contributed by atoms with E-state index in [0.29, 0.717) is 11.5 Å². The molecule has 2 aromatic carbocycles. The lowest BCUT2D eigenvalue weighted by atomic mass is 10.3. The summed E-state index contributed by atoms with van der Waals surface area (Å²) in [5.41, 5.74) is 0.0815. The molecule has 27 heavy (non-hydrogen) atoms. The third-order valence-corrected chi connectivity index (χ3v) is 5.71. The van der Waals surface area contributed by atoms with E-state index < -0.39 is 22.5 Å². The zero-order valence-electron chi connectivity index (χ0n) is 14.8. The lowest BCUT2D eigenvalue weighted by Gasteiger charge is -2.23. The summed E-state index contributed by atoms with van der Waals surface area (Å²) in [7, 11) is -0.0263. The summed E-state index contributed by atoms with van der Waals surface area (Å²) in [6.07, 6.45) is 0. The van der Waals surface area contributed by atoms with Crippen molar-refractivity contribution in [3.8, 4) is 17.2 Å². The van der Waals surface area contributed by atoms with Gasteiger partial charge in [0.1, 0.15) is 12.3 Å². The number of hydrogen-bond acceptors (Lipinski definition) is 6. The summed E-state index contributed by atoms with van der Waals surface area (Å²) in [4.78, 5) is 11.1. The van der Waals surface area contributed by atoms with E-state index >= 15 is 0 Å². The van der Waals surface area contributed by atoms with Crippen molar-refractivity contribution in [2.75, 3.05) is 32.2 Å². The molecule has 0 heterocycles. The van der Waals surface area contributed by atoms with Gasteiger partial charge < -0.3 is 19.3 Å². The van der Waals surface area contributed by atoms with Crippen LogP contribution in [-0.2, 0) is 14.8 Å². The Morgan fingerprint density at radius 1 is 1.00 bits per heavy atom. The second-order valence-electron chi connectivity index (χ2n) is 5.24. The molecule has 146 valence electrons. The van der Waals surface area contributed by atoms with Gasteiger partial charge in [-0.25, -0.2) is 8.42 Å². The molecule has 0 aliphatic rings. The smallest absolute Gasteiger partial charge is 0.324 e. The largest absolute Gasteiger partial charge is 0.495 e. The van der Waals surface area contributed by atoms with Gasteiger partial charge in [-0.05, 0) is 30.3 Å². The number of carboxylic acids is 1. The predicted octanol–water partition coefficient (Wildman–Crippen LogP) is 2.65. The fourth-order valence-electron chi connectivity index (χ4n) is 2.35. The molecule has 0 amide bonds. The van der Waals surface area contributed by atoms with Crippen molar-refractivity contribution < 1.29 is 32.5 Å². The molecular weight excluding hydrogens is 398 g/mol. The number of carboxylic acid groups (broad SMARTS) is 1. The quantitative estimate of drug-likeness (QED) is 0.706. The first-order valence-electron chi connectivity index (χ1n) is 7.54. The van der Waals surface area contributed by atoms with Crippen molar-refractivity contribution in [3.63, 3.8) is 0 Å². The van der Waals surface area contributed by atoms with Gasteiger partial charge in [-0.3, -0.25) is 9.10 Å². The highest BCUT2D eigenvalue weighted by Gasteiger charge is 2.28. The molecule has 0 spiro atoms. The Bertz CT molecular complexity index is 946. The normalized spacial score (nSPS) is 11.0. The first-order valence-corrected chi connectivity index (χ1v) is 9.36. The lowest BCUT2D eigenvalue weighted by molar-refractivity contribution is -0.135. The molecule has 0 aliphatic heterocycles. The fraction of sp³-hybridized carbons (Fsp3) is 0.235. The van der Waals surface area contributed by atoms with Gasteiger partial charge in [0.2, 0.25) is 0 Å². The monoisotopic (exact) mass is 415 g/mol. The van der Waals surface area contributed by atoms with Crippen LogP contribution >= 0.6 is 11.6 Å². The maximum Gasteiger partial charge on any atom is 0.324 e. The van der Waals surface area contributed by atoms with Crippen LogP contribution < -0.4 is 18.5 Å². The highest BCUT2D eigenvalue weighted by molar-refractivity contribution is 7.92. The van der Waals surface area contributed by atoms with Gasteiger partial charge in [-0.1, -0.05) is 11.6 Å². The summed E-state index contributed by atoms with van der Waals surface area (Å²) in [5.74, 6) is -0.458. The van der Waals surface area contributed by atoms with Crippen LogP contribution in [0.25, 0.3) is 0 Å². The molecule has 1 N–H and O–H groups in total. The molecule has 0 atom stereocenters. The number of nitrogens with zero attached hydrogens (tertiary/aromatic N) is 1. The molecule has 0 fully saturated rings. The van der Waals surface area contributed by atoms with Crippen LogP contribution in [0, 0.1) is 0 Å². The summed E-state index contributed by atoms with van der Waals surface area (Å²) in [6.45, 7) is -0.792. The van der Waals surface area contributed by atoms with E-state index in [9.17, 15) is 18.3 Å². The standard InChI is InChI=1S/C17H18ClNO7S/c1-24-14-6-4-11(8-13(14)18)19(10-17(20)21)27(22,23)12-5-7-15(25-2)16(9-12)26-3/h4-9H,10H2,1-3H3,(H,20,21). The van der Waals surface area contributed by atoms with Crippen molar-refractivity contribution in [1.29, 1.82) is 0 Å². The first-order chi connectivity index (χ1) is 12.7. The molecule has 2 rings (SSSR count). The lowest BCUT2D eigenvalue weighted by Crippen LogP contribution is -2.35. The van der Waals surface area contributed by atoms with Crippen molar-refractivity contribution in [1.82, 2.24) is 0 Å². The number of ether oxygens (including phenoxy) is 3. The Hall–Kier alpha value is -2.65. The van der Waals surface area contributed by atoms with Crippen LogP contribution in [0.5, 0.6) is 17.2 Å². The Kier molecular flexibility index (Phi) is 6.40. The minimum Gasteiger partial charge on any atom is -0.495 e. The Morgan fingerprint density at radius 2 is 1.59 bits per heavy atom. The molecular formula is C17H18ClNO7S. The topological polar surface area (TPSA) is 102 Å². The number of rotatable bonds is 8. The van der Waals surface area contributed by atoms with Gasteiger partial charge in [-0.15, -0.1) is 0 Å². The van der Waals surface area contributed by atoms with Crippen molar-refractivity contribution >= 4 is 33.3 Å². The van der Waals surface area contributed by atoms with Crippen LogP contribution in [0.15, 0.2) is 41.3 Å². The molecule has 0 unspecified atom stereocenters. The van der Waals surface area contributed by atoms with Crippen molar-refractivity contribution in [3.05, 3.63) is 41.4 Å². The average molecular weight is 416 g/mol. The fourth-order valence-corrected chi connectivity index (χ4v) is 4.03. The average Bonchev–Trinajstić information content (AvgIpc) is 2.65. The third-order valence-electron chi connectivity index (χ3n) is 3.65. The molecule has 0 saturated heterocycles. The van der Waals surface area contributed by atoms with E-state index in [0.717, 1.165) is 4.31 Å². The number of anilines is 1. The Balaban J connectivity index is 2.58. The third kappa shape index (κ3) is 4.37. The van der Waals surface area contributed by atoms with Crippen LogP contribution in [0.1, 0.15) is 0 Å². The Morgan fingerprint density at radius 3 is 2.11 bits per heavy atom. The van der Waals surface area contributed by atoms with Gasteiger partial charge >= 0.3 is 5.97 Å². The molecule has 10 heteroatoms. The first kappa shape index (κ1) is 20.7. The van der Waals surface area contributed by atoms with Crippen molar-refractivity contribution in [2.45, 2.75) is 4.90 Å². The predicted molar refractivity (Wildman–Crippen MR) is 99.7 cm³/mol. The zero-order valence-corrected chi connectivity index (χ0v) is 16.4. The SMILES string of the molecule is COc1ccc(N(CC(=O)O)S(=O)(=O)c2ccc(OC)c(OC)c2)cc1Cl. The van der Waals surface area contributed by atoms with Crippen LogP contribution in [0.4, 0.5) is 5.69 Å². The Labute approximate surface area is 161 Å². The van der Waals surface area contributed by atoms with E-state index in [2.05, 4.69) is 0 Å². The minimum atomic E-state index is -4.23. The number of carbonyl (C=O) groups is 1. The molecule has 0 aromatic heterocycles. The van der Waals surface area contributed by atoms with Gasteiger partial charge in [0.05, 0.1) is 36.9 Å². The summed E-state index contributed by atoms with van der Waals surface area (Å²) < 4.78 is 42.2. The van der Waals surface area contributed by atoms with Gasteiger partial charge in [0.15, 0.2) is 11.5 Å². The number of benzene rings is 2. The molecule has 8 nitrogen and oxygen atoms in total. The van der Waals surface area contributed by atoms with Gasteiger partial charge in [0.25, 0.3) is 10.0 Å². The zero-order chi connectivity index (χ0) is 20.2. The van der Waals surface area contributed by atoms with Crippen LogP contribution in [0.2, 0.25) is 5.02 Å². The number of halogens is 1. The minimum absolute atomic E-state index is 0.0815. The second-order valence-corrected chi connectivity index (χ2v) is 7.51. The molecule has 0 saturated carbocycles. The molecule has 0 bridgehead atoms.